The number of hydrogen-bond acceptors (Lipinski definition) is 10. The number of imide groups is 1. The zero-order chi connectivity index (χ0) is 40.7. The molecule has 1 aromatic carbocycles. The number of hydrogen-bond donors (Lipinski definition) is 8. The van der Waals surface area contributed by atoms with Gasteiger partial charge in [-0.2, -0.15) is 0 Å². The first kappa shape index (κ1) is 45.7. The summed E-state index contributed by atoms with van der Waals surface area (Å²) in [6.07, 6.45) is 0.482. The summed E-state index contributed by atoms with van der Waals surface area (Å²) in [6.45, 7) is 12.7. The first-order valence-corrected chi connectivity index (χ1v) is 18.9. The Balaban J connectivity index is 2.17. The molecule has 8 atom stereocenters. The standard InChI is InChI=1S/C38H62N8O8/c1-8-23(6)33(38(54)44-32(22(4)5)34(40)50)45-37(53)29-15-12-16-46(29)20-30(48)27(18-25-13-10-9-11-14-25)42-35(51)26(39)19-31(49)43-36(52)28(17-21(2)3)41-24(7)47/h9-11,13-14,21-23,26-30,32-33,48H,8,12,15-20,39H2,1-7H3,(H2,40,50)(H,41,47)(H,42,51)(H,44,54)(H,45,53)(H,43,49,52)/t23?,26-,27-,28-,29-,30+,32-,33-/m0/s1. The van der Waals surface area contributed by atoms with Crippen LogP contribution in [0.5, 0.6) is 0 Å². The minimum Gasteiger partial charge on any atom is -0.390 e. The molecule has 1 heterocycles. The minimum absolute atomic E-state index is 0.00221. The Bertz CT molecular complexity index is 1440. The summed E-state index contributed by atoms with van der Waals surface area (Å²) in [4.78, 5) is 91.2. The first-order valence-electron chi connectivity index (χ1n) is 18.9. The average Bonchev–Trinajstić information content (AvgIpc) is 3.56. The van der Waals surface area contributed by atoms with Crippen molar-refractivity contribution in [3.63, 3.8) is 0 Å². The quantitative estimate of drug-likeness (QED) is 0.0806. The number of nitrogens with zero attached hydrogens (tertiary/aromatic N) is 1. The molecule has 7 amide bonds. The van der Waals surface area contributed by atoms with E-state index in [4.69, 9.17) is 11.5 Å². The highest BCUT2D eigenvalue weighted by molar-refractivity contribution is 6.00. The summed E-state index contributed by atoms with van der Waals surface area (Å²) >= 11 is 0. The summed E-state index contributed by atoms with van der Waals surface area (Å²) in [5.74, 6) is -4.72. The molecule has 1 aliphatic rings. The molecule has 2 rings (SSSR count). The van der Waals surface area contributed by atoms with Gasteiger partial charge < -0.3 is 37.8 Å². The van der Waals surface area contributed by atoms with E-state index in [-0.39, 0.29) is 30.7 Å². The Morgan fingerprint density at radius 2 is 1.54 bits per heavy atom. The molecular formula is C38H62N8O8. The van der Waals surface area contributed by atoms with E-state index >= 15 is 0 Å². The summed E-state index contributed by atoms with van der Waals surface area (Å²) in [7, 11) is 0. The van der Waals surface area contributed by atoms with Crippen molar-refractivity contribution in [1.29, 1.82) is 0 Å². The van der Waals surface area contributed by atoms with E-state index < -0.39 is 90.1 Å². The van der Waals surface area contributed by atoms with E-state index in [1.165, 1.54) is 6.92 Å². The number of primary amides is 1. The topological polar surface area (TPSA) is 255 Å². The number of amides is 7. The second-order valence-electron chi connectivity index (χ2n) is 15.1. The van der Waals surface area contributed by atoms with Gasteiger partial charge >= 0.3 is 0 Å². The lowest BCUT2D eigenvalue weighted by Crippen LogP contribution is -2.59. The molecule has 16 heteroatoms. The van der Waals surface area contributed by atoms with Gasteiger partial charge in [0.15, 0.2) is 0 Å². The van der Waals surface area contributed by atoms with Crippen LogP contribution < -0.4 is 38.1 Å². The molecule has 10 N–H and O–H groups in total. The highest BCUT2D eigenvalue weighted by Crippen LogP contribution is 2.21. The second kappa shape index (κ2) is 22.1. The van der Waals surface area contributed by atoms with Gasteiger partial charge in [-0.3, -0.25) is 43.8 Å². The number of β-amino-alcohol motifs (C(OH)–C–C–N with tert-alkyl or cyclic N) is 1. The fraction of sp³-hybridized carbons (Fsp3) is 0.658. The van der Waals surface area contributed by atoms with Crippen LogP contribution >= 0.6 is 0 Å². The van der Waals surface area contributed by atoms with Gasteiger partial charge in [-0.1, -0.05) is 78.3 Å². The molecule has 1 aromatic rings. The van der Waals surface area contributed by atoms with Gasteiger partial charge in [0.2, 0.25) is 41.4 Å². The monoisotopic (exact) mass is 758 g/mol. The summed E-state index contributed by atoms with van der Waals surface area (Å²) in [5, 5.41) is 24.6. The predicted molar refractivity (Wildman–Crippen MR) is 203 cm³/mol. The molecule has 1 saturated heterocycles. The Morgan fingerprint density at radius 3 is 2.09 bits per heavy atom. The predicted octanol–water partition coefficient (Wildman–Crippen LogP) is -0.393. The van der Waals surface area contributed by atoms with Crippen LogP contribution in [-0.4, -0.2) is 107 Å². The van der Waals surface area contributed by atoms with Crippen molar-refractivity contribution in [2.24, 2.45) is 29.2 Å². The second-order valence-corrected chi connectivity index (χ2v) is 15.1. The van der Waals surface area contributed by atoms with Gasteiger partial charge in [-0.15, -0.1) is 0 Å². The lowest BCUT2D eigenvalue weighted by molar-refractivity contribution is -0.135. The minimum atomic E-state index is -1.37. The molecule has 0 spiro atoms. The molecule has 0 aliphatic carbocycles. The van der Waals surface area contributed by atoms with Gasteiger partial charge in [-0.25, -0.2) is 0 Å². The number of rotatable bonds is 21. The fourth-order valence-electron chi connectivity index (χ4n) is 6.43. The third-order valence-corrected chi connectivity index (χ3v) is 9.65. The third-order valence-electron chi connectivity index (χ3n) is 9.65. The number of carbonyl (C=O) groups is 7. The van der Waals surface area contributed by atoms with Gasteiger partial charge in [0.25, 0.3) is 0 Å². The van der Waals surface area contributed by atoms with Crippen LogP contribution in [0.2, 0.25) is 0 Å². The largest absolute Gasteiger partial charge is 0.390 e. The van der Waals surface area contributed by atoms with Crippen LogP contribution in [0.3, 0.4) is 0 Å². The number of nitrogens with two attached hydrogens (primary N) is 2. The maximum atomic E-state index is 13.7. The van der Waals surface area contributed by atoms with Crippen LogP contribution in [0.1, 0.15) is 86.1 Å². The maximum Gasteiger partial charge on any atom is 0.249 e. The number of carbonyl (C=O) groups excluding carboxylic acids is 7. The van der Waals surface area contributed by atoms with Crippen molar-refractivity contribution in [1.82, 2.24) is 31.5 Å². The van der Waals surface area contributed by atoms with E-state index in [1.807, 2.05) is 58.0 Å². The summed E-state index contributed by atoms with van der Waals surface area (Å²) < 4.78 is 0. The highest BCUT2D eigenvalue weighted by Gasteiger charge is 2.38. The van der Waals surface area contributed by atoms with Crippen LogP contribution in [-0.2, 0) is 40.0 Å². The molecule has 1 aliphatic heterocycles. The van der Waals surface area contributed by atoms with E-state index in [0.29, 0.717) is 32.2 Å². The molecule has 302 valence electrons. The number of aliphatic hydroxyl groups excluding tert-OH is 1. The highest BCUT2D eigenvalue weighted by atomic mass is 16.3. The number of likely N-dealkylation sites (tertiary alicyclic amines) is 1. The van der Waals surface area contributed by atoms with Crippen LogP contribution in [0.25, 0.3) is 0 Å². The Labute approximate surface area is 318 Å². The Hall–Kier alpha value is -4.41. The van der Waals surface area contributed by atoms with Crippen LogP contribution in [0.4, 0.5) is 0 Å². The number of nitrogens with one attached hydrogen (secondary N) is 5. The lowest BCUT2D eigenvalue weighted by atomic mass is 9.96. The molecule has 54 heavy (non-hydrogen) atoms. The Morgan fingerprint density at radius 1 is 0.889 bits per heavy atom. The van der Waals surface area contributed by atoms with Crippen molar-refractivity contribution in [2.75, 3.05) is 13.1 Å². The van der Waals surface area contributed by atoms with Crippen LogP contribution in [0.15, 0.2) is 30.3 Å². The molecule has 0 bridgehead atoms. The number of aliphatic hydroxyl groups is 1. The molecule has 1 unspecified atom stereocenters. The smallest absolute Gasteiger partial charge is 0.249 e. The maximum absolute atomic E-state index is 13.7. The zero-order valence-corrected chi connectivity index (χ0v) is 32.7. The molecule has 1 fully saturated rings. The van der Waals surface area contributed by atoms with Crippen molar-refractivity contribution < 1.29 is 38.7 Å². The lowest BCUT2D eigenvalue weighted by Gasteiger charge is -2.32. The average molecular weight is 759 g/mol. The van der Waals surface area contributed by atoms with Crippen LogP contribution in [0, 0.1) is 17.8 Å². The zero-order valence-electron chi connectivity index (χ0n) is 32.7. The van der Waals surface area contributed by atoms with Crippen molar-refractivity contribution in [3.05, 3.63) is 35.9 Å². The Kier molecular flexibility index (Phi) is 18.7. The van der Waals surface area contributed by atoms with Gasteiger partial charge in [0, 0.05) is 13.5 Å². The molecule has 0 saturated carbocycles. The van der Waals surface area contributed by atoms with E-state index in [2.05, 4.69) is 26.6 Å². The third kappa shape index (κ3) is 14.8. The van der Waals surface area contributed by atoms with E-state index in [9.17, 15) is 38.7 Å². The van der Waals surface area contributed by atoms with E-state index in [0.717, 1.165) is 5.56 Å². The molecule has 0 aromatic heterocycles. The van der Waals surface area contributed by atoms with E-state index in [1.54, 1.807) is 18.7 Å². The molecule has 0 radical (unpaired) electrons. The molecule has 16 nitrogen and oxygen atoms in total. The summed E-state index contributed by atoms with van der Waals surface area (Å²) in [5.41, 5.74) is 12.4. The SMILES string of the molecule is CCC(C)[C@H](NC(=O)[C@@H]1CCCN1C[C@@H](O)[C@H](Cc1ccccc1)NC(=O)[C@@H](N)CC(=O)NC(=O)[C@H](CC(C)C)NC(C)=O)C(=O)N[C@H](C(N)=O)C(C)C. The van der Waals surface area contributed by atoms with Gasteiger partial charge in [0.1, 0.15) is 18.1 Å². The van der Waals surface area contributed by atoms with Gasteiger partial charge in [0.05, 0.1) is 30.7 Å². The normalized spacial score (nSPS) is 18.4. The summed E-state index contributed by atoms with van der Waals surface area (Å²) in [6, 6.07) is 3.44. The first-order chi connectivity index (χ1) is 25.3. The van der Waals surface area contributed by atoms with Crippen molar-refractivity contribution in [2.45, 2.75) is 129 Å². The molecular weight excluding hydrogens is 696 g/mol. The van der Waals surface area contributed by atoms with Gasteiger partial charge in [-0.05, 0) is 55.5 Å². The number of benzene rings is 1. The van der Waals surface area contributed by atoms with Crippen molar-refractivity contribution >= 4 is 41.4 Å². The fourth-order valence-corrected chi connectivity index (χ4v) is 6.43. The van der Waals surface area contributed by atoms with Crippen molar-refractivity contribution in [3.8, 4) is 0 Å².